The van der Waals surface area contributed by atoms with Gasteiger partial charge in [0.1, 0.15) is 18.5 Å². The maximum atomic E-state index is 11.0. The van der Waals surface area contributed by atoms with Crippen molar-refractivity contribution in [1.82, 2.24) is 4.90 Å². The summed E-state index contributed by atoms with van der Waals surface area (Å²) in [6.07, 6.45) is 2.17. The van der Waals surface area contributed by atoms with E-state index in [0.717, 1.165) is 19.5 Å². The van der Waals surface area contributed by atoms with Gasteiger partial charge in [0, 0.05) is 32.2 Å². The lowest BCUT2D eigenvalue weighted by Gasteiger charge is -2.24. The first-order valence-electron chi connectivity index (χ1n) is 9.12. The average molecular weight is 368 g/mol. The maximum absolute atomic E-state index is 11.0. The van der Waals surface area contributed by atoms with Crippen LogP contribution in [-0.2, 0) is 11.2 Å². The number of nitrogens with one attached hydrogen (secondary N) is 1. The number of anilines is 1. The summed E-state index contributed by atoms with van der Waals surface area (Å²) in [5.41, 5.74) is 1.99. The first-order valence-corrected chi connectivity index (χ1v) is 9.12. The number of nitrogens with zero attached hydrogens (tertiary/aromatic N) is 1. The van der Waals surface area contributed by atoms with Crippen LogP contribution in [0.3, 0.4) is 0 Å². The molecule has 0 fully saturated rings. The van der Waals surface area contributed by atoms with Gasteiger partial charge in [0.25, 0.3) is 0 Å². The second-order valence-electron chi connectivity index (χ2n) is 6.45. The Kier molecular flexibility index (Phi) is 8.55. The predicted octanol–water partition coefficient (Wildman–Crippen LogP) is 3.12. The molecular formula is C22H28N2O3. The molecule has 0 bridgehead atoms. The molecule has 2 aromatic rings. The summed E-state index contributed by atoms with van der Waals surface area (Å²) < 4.78 is 5.65. The zero-order chi connectivity index (χ0) is 19.5. The number of rotatable bonds is 11. The average Bonchev–Trinajstić information content (AvgIpc) is 2.66. The monoisotopic (exact) mass is 368 g/mol. The molecule has 0 aliphatic carbocycles. The molecule has 0 saturated carbocycles. The standard InChI is InChI=1S/C22H28N2O3/c1-3-14-24(15-13-19-7-5-4-6-8-19)16-21(26)17-27-22-11-9-20(10-12-22)23-18(2)25/h3-12,21,26H,1,13-17H2,2H3,(H,23,25). The second kappa shape index (κ2) is 11.2. The Labute approximate surface area is 161 Å². The molecule has 2 N–H and O–H groups in total. The van der Waals surface area contributed by atoms with E-state index in [1.807, 2.05) is 24.3 Å². The van der Waals surface area contributed by atoms with Crippen LogP contribution in [0.4, 0.5) is 5.69 Å². The Hall–Kier alpha value is -2.63. The fourth-order valence-electron chi connectivity index (χ4n) is 2.75. The molecule has 1 atom stereocenters. The van der Waals surface area contributed by atoms with Crippen molar-refractivity contribution in [3.05, 3.63) is 72.8 Å². The Morgan fingerprint density at radius 3 is 2.56 bits per heavy atom. The summed E-state index contributed by atoms with van der Waals surface area (Å²) >= 11 is 0. The predicted molar refractivity (Wildman–Crippen MR) is 109 cm³/mol. The number of hydrogen-bond donors (Lipinski definition) is 2. The number of aliphatic hydroxyl groups excluding tert-OH is 1. The molecule has 1 amide bonds. The zero-order valence-corrected chi connectivity index (χ0v) is 15.8. The largest absolute Gasteiger partial charge is 0.491 e. The molecule has 5 heteroatoms. The molecule has 5 nitrogen and oxygen atoms in total. The molecule has 0 aromatic heterocycles. The van der Waals surface area contributed by atoms with Crippen LogP contribution in [0.15, 0.2) is 67.3 Å². The van der Waals surface area contributed by atoms with Crippen molar-refractivity contribution in [2.45, 2.75) is 19.4 Å². The van der Waals surface area contributed by atoms with Gasteiger partial charge in [0.2, 0.25) is 5.91 Å². The first kappa shape index (κ1) is 20.7. The highest BCUT2D eigenvalue weighted by Gasteiger charge is 2.12. The number of aliphatic hydroxyl groups is 1. The molecule has 27 heavy (non-hydrogen) atoms. The van der Waals surface area contributed by atoms with Gasteiger partial charge in [-0.3, -0.25) is 9.69 Å². The van der Waals surface area contributed by atoms with Crippen molar-refractivity contribution in [2.24, 2.45) is 0 Å². The third-order valence-corrected chi connectivity index (χ3v) is 4.03. The number of benzene rings is 2. The third kappa shape index (κ3) is 8.07. The summed E-state index contributed by atoms with van der Waals surface area (Å²) in [6, 6.07) is 17.4. The molecule has 0 aliphatic rings. The van der Waals surface area contributed by atoms with E-state index in [4.69, 9.17) is 4.74 Å². The van der Waals surface area contributed by atoms with Crippen LogP contribution in [0.25, 0.3) is 0 Å². The zero-order valence-electron chi connectivity index (χ0n) is 15.8. The fourth-order valence-corrected chi connectivity index (χ4v) is 2.75. The van der Waals surface area contributed by atoms with Crippen LogP contribution in [0.1, 0.15) is 12.5 Å². The van der Waals surface area contributed by atoms with Gasteiger partial charge in [-0.15, -0.1) is 6.58 Å². The number of carbonyl (C=O) groups excluding carboxylic acids is 1. The Morgan fingerprint density at radius 2 is 1.93 bits per heavy atom. The van der Waals surface area contributed by atoms with Crippen LogP contribution in [0, 0.1) is 0 Å². The second-order valence-corrected chi connectivity index (χ2v) is 6.45. The number of amides is 1. The fraction of sp³-hybridized carbons (Fsp3) is 0.318. The van der Waals surface area contributed by atoms with Crippen molar-refractivity contribution >= 4 is 11.6 Å². The van der Waals surface area contributed by atoms with Gasteiger partial charge in [0.05, 0.1) is 0 Å². The summed E-state index contributed by atoms with van der Waals surface area (Å²) in [5, 5.41) is 13.0. The molecule has 0 spiro atoms. The van der Waals surface area contributed by atoms with Crippen molar-refractivity contribution in [1.29, 1.82) is 0 Å². The summed E-state index contributed by atoms with van der Waals surface area (Å²) in [7, 11) is 0. The minimum Gasteiger partial charge on any atom is -0.491 e. The maximum Gasteiger partial charge on any atom is 0.221 e. The Bertz CT molecular complexity index is 701. The Morgan fingerprint density at radius 1 is 1.22 bits per heavy atom. The molecule has 0 saturated heterocycles. The number of carbonyl (C=O) groups is 1. The Balaban J connectivity index is 1.78. The molecule has 0 heterocycles. The van der Waals surface area contributed by atoms with Crippen molar-refractivity contribution in [3.8, 4) is 5.75 Å². The van der Waals surface area contributed by atoms with Gasteiger partial charge >= 0.3 is 0 Å². The highest BCUT2D eigenvalue weighted by molar-refractivity contribution is 5.88. The van der Waals surface area contributed by atoms with E-state index < -0.39 is 6.10 Å². The van der Waals surface area contributed by atoms with E-state index in [2.05, 4.69) is 28.9 Å². The smallest absolute Gasteiger partial charge is 0.221 e. The molecule has 1 unspecified atom stereocenters. The highest BCUT2D eigenvalue weighted by Crippen LogP contribution is 2.16. The van der Waals surface area contributed by atoms with Gasteiger partial charge in [0.15, 0.2) is 0 Å². The lowest BCUT2D eigenvalue weighted by atomic mass is 10.1. The summed E-state index contributed by atoms with van der Waals surface area (Å²) in [5.74, 6) is 0.541. The van der Waals surface area contributed by atoms with Crippen molar-refractivity contribution < 1.29 is 14.6 Å². The lowest BCUT2D eigenvalue weighted by Crippen LogP contribution is -2.37. The van der Waals surface area contributed by atoms with Crippen LogP contribution in [0.2, 0.25) is 0 Å². The third-order valence-electron chi connectivity index (χ3n) is 4.03. The SMILES string of the molecule is C=CCN(CCc1ccccc1)CC(O)COc1ccc(NC(C)=O)cc1. The minimum absolute atomic E-state index is 0.114. The van der Waals surface area contributed by atoms with E-state index in [9.17, 15) is 9.90 Å². The van der Waals surface area contributed by atoms with Gasteiger partial charge in [-0.1, -0.05) is 36.4 Å². The number of ether oxygens (including phenoxy) is 1. The summed E-state index contributed by atoms with van der Waals surface area (Å²) in [4.78, 5) is 13.2. The van der Waals surface area contributed by atoms with E-state index in [1.165, 1.54) is 12.5 Å². The van der Waals surface area contributed by atoms with E-state index >= 15 is 0 Å². The van der Waals surface area contributed by atoms with E-state index in [0.29, 0.717) is 18.0 Å². The quantitative estimate of drug-likeness (QED) is 0.598. The highest BCUT2D eigenvalue weighted by atomic mass is 16.5. The van der Waals surface area contributed by atoms with Crippen LogP contribution in [0.5, 0.6) is 5.75 Å². The van der Waals surface area contributed by atoms with Crippen molar-refractivity contribution in [2.75, 3.05) is 31.6 Å². The van der Waals surface area contributed by atoms with Gasteiger partial charge in [-0.25, -0.2) is 0 Å². The van der Waals surface area contributed by atoms with Gasteiger partial charge in [-0.05, 0) is 36.2 Å². The molecule has 0 radical (unpaired) electrons. The first-order chi connectivity index (χ1) is 13.1. The van der Waals surface area contributed by atoms with E-state index in [-0.39, 0.29) is 12.5 Å². The number of hydrogen-bond acceptors (Lipinski definition) is 4. The van der Waals surface area contributed by atoms with Crippen LogP contribution < -0.4 is 10.1 Å². The molecular weight excluding hydrogens is 340 g/mol. The normalized spacial score (nSPS) is 11.8. The topological polar surface area (TPSA) is 61.8 Å². The van der Waals surface area contributed by atoms with Crippen molar-refractivity contribution in [3.63, 3.8) is 0 Å². The van der Waals surface area contributed by atoms with Crippen LogP contribution >= 0.6 is 0 Å². The lowest BCUT2D eigenvalue weighted by molar-refractivity contribution is -0.114. The molecule has 2 aromatic carbocycles. The minimum atomic E-state index is -0.601. The van der Waals surface area contributed by atoms with Gasteiger partial charge < -0.3 is 15.2 Å². The summed E-state index contributed by atoms with van der Waals surface area (Å²) in [6.45, 7) is 7.55. The van der Waals surface area contributed by atoms with Crippen LogP contribution in [-0.4, -0.2) is 48.3 Å². The molecule has 2 rings (SSSR count). The van der Waals surface area contributed by atoms with Gasteiger partial charge in [-0.2, -0.15) is 0 Å². The van der Waals surface area contributed by atoms with E-state index in [1.54, 1.807) is 24.3 Å². The molecule has 144 valence electrons. The molecule has 0 aliphatic heterocycles.